The number of carbonyl (C=O) groups excluding carboxylic acids is 2. The Hall–Kier alpha value is -3.24. The average Bonchev–Trinajstić information content (AvgIpc) is 2.78. The summed E-state index contributed by atoms with van der Waals surface area (Å²) in [7, 11) is -3.18. The van der Waals surface area contributed by atoms with Gasteiger partial charge in [0.15, 0.2) is 0 Å². The first-order chi connectivity index (χ1) is 15.9. The van der Waals surface area contributed by atoms with Crippen LogP contribution < -0.4 is 15.4 Å². The zero-order valence-electron chi connectivity index (χ0n) is 18.0. The fourth-order valence-corrected chi connectivity index (χ4v) is 4.31. The molecule has 0 bridgehead atoms. The predicted octanol–water partition coefficient (Wildman–Crippen LogP) is -1.90. The normalized spacial score (nSPS) is 21.9. The molecular weight excluding hydrogens is 478 g/mol. The third kappa shape index (κ3) is 6.64. The van der Waals surface area contributed by atoms with E-state index in [1.54, 1.807) is 0 Å². The Bertz CT molecular complexity index is 1040. The Kier molecular flexibility index (Phi) is 8.94. The van der Waals surface area contributed by atoms with Gasteiger partial charge in [-0.3, -0.25) is 10.1 Å². The lowest BCUT2D eigenvalue weighted by Crippen LogP contribution is -2.63. The third-order valence-corrected chi connectivity index (χ3v) is 6.20. The predicted molar refractivity (Wildman–Crippen MR) is 114 cm³/mol. The van der Waals surface area contributed by atoms with E-state index in [4.69, 9.17) is 9.84 Å². The monoisotopic (exact) mass is 503 g/mol. The van der Waals surface area contributed by atoms with E-state index in [9.17, 15) is 38.1 Å². The number of nitrogens with one attached hydrogen (secondary N) is 3. The molecule has 0 saturated carbocycles. The molecule has 0 spiro atoms. The maximum Gasteiger partial charge on any atom is 0.411 e. The van der Waals surface area contributed by atoms with Crippen LogP contribution >= 0.6 is 0 Å². The highest BCUT2D eigenvalue weighted by atomic mass is 32.2. The van der Waals surface area contributed by atoms with E-state index in [-0.39, 0.29) is 10.6 Å². The molecule has 14 nitrogen and oxygen atoms in total. The molecule has 2 amide bonds. The summed E-state index contributed by atoms with van der Waals surface area (Å²) < 4.78 is 37.8. The molecule has 0 saturated heterocycles. The summed E-state index contributed by atoms with van der Waals surface area (Å²) in [5.41, 5.74) is 0.238. The quantitative estimate of drug-likeness (QED) is 0.197. The number of hydrogen-bond donors (Lipinski definition) is 7. The summed E-state index contributed by atoms with van der Waals surface area (Å²) in [5.74, 6) is -3.01. The average molecular weight is 503 g/mol. The molecule has 5 atom stereocenters. The van der Waals surface area contributed by atoms with Crippen LogP contribution in [0.3, 0.4) is 0 Å². The highest BCUT2D eigenvalue weighted by molar-refractivity contribution is 7.89. The van der Waals surface area contributed by atoms with E-state index in [0.29, 0.717) is 0 Å². The Morgan fingerprint density at radius 3 is 2.29 bits per heavy atom. The molecule has 0 fully saturated rings. The van der Waals surface area contributed by atoms with Gasteiger partial charge in [-0.2, -0.15) is 0 Å². The lowest BCUT2D eigenvalue weighted by atomic mass is 9.92. The second-order valence-corrected chi connectivity index (χ2v) is 8.89. The van der Waals surface area contributed by atoms with Crippen LogP contribution in [0.2, 0.25) is 0 Å². The second-order valence-electron chi connectivity index (χ2n) is 7.17. The minimum atomic E-state index is -4.34. The van der Waals surface area contributed by atoms with Gasteiger partial charge in [-0.05, 0) is 30.3 Å². The number of carbonyl (C=O) groups is 3. The second kappa shape index (κ2) is 11.3. The fourth-order valence-electron chi connectivity index (χ4n) is 3.11. The van der Waals surface area contributed by atoms with Crippen molar-refractivity contribution in [2.24, 2.45) is 0 Å². The van der Waals surface area contributed by atoms with Gasteiger partial charge >= 0.3 is 12.1 Å². The first kappa shape index (κ1) is 27.0. The number of aliphatic carboxylic acids is 1. The van der Waals surface area contributed by atoms with Crippen LogP contribution in [-0.4, -0.2) is 90.9 Å². The molecule has 7 N–H and O–H groups in total. The van der Waals surface area contributed by atoms with Gasteiger partial charge in [0.25, 0.3) is 0 Å². The molecule has 15 heteroatoms. The Balaban J connectivity index is 2.41. The summed E-state index contributed by atoms with van der Waals surface area (Å²) in [5, 5.41) is 43.4. The summed E-state index contributed by atoms with van der Waals surface area (Å²) in [6.45, 7) is 0.184. The molecule has 1 unspecified atom stereocenters. The molecule has 1 aliphatic rings. The number of ether oxygens (including phenoxy) is 2. The minimum Gasteiger partial charge on any atom is -0.478 e. The number of sulfonamides is 1. The van der Waals surface area contributed by atoms with E-state index in [0.717, 1.165) is 32.2 Å². The molecule has 0 aromatic heterocycles. The van der Waals surface area contributed by atoms with E-state index in [1.807, 2.05) is 0 Å². The van der Waals surface area contributed by atoms with Gasteiger partial charge in [0.2, 0.25) is 21.7 Å². The number of benzene rings is 1. The molecule has 188 valence electrons. The van der Waals surface area contributed by atoms with Crippen molar-refractivity contribution in [2.75, 3.05) is 19.0 Å². The summed E-state index contributed by atoms with van der Waals surface area (Å²) >= 11 is 0. The van der Waals surface area contributed by atoms with Gasteiger partial charge in [0.05, 0.1) is 30.7 Å². The summed E-state index contributed by atoms with van der Waals surface area (Å²) in [6, 6.07) is 2.07. The van der Waals surface area contributed by atoms with Crippen molar-refractivity contribution >= 4 is 33.7 Å². The smallest absolute Gasteiger partial charge is 0.411 e. The molecule has 1 aliphatic heterocycles. The molecule has 1 aromatic rings. The number of methoxy groups -OCH3 is 1. The first-order valence-corrected chi connectivity index (χ1v) is 11.2. The standard InChI is InChI=1S/C19H25N3O11S/c1-9(24)20-15-12(7-14(18(27)28)33-17(15)16(26)13(25)8-23)22-34(30,31)11-5-3-10(4-6-11)21-19(29)32-2/h3-7,12-13,15-17,22-23,25-26H,8H2,1-2H3,(H,20,24)(H,21,29)(H,27,28)/t12-,13?,15+,16+,17+/m0/s1. The summed E-state index contributed by atoms with van der Waals surface area (Å²) in [4.78, 5) is 34.3. The number of carboxylic acids is 1. The molecule has 0 aliphatic carbocycles. The maximum absolute atomic E-state index is 13.0. The fraction of sp³-hybridized carbons (Fsp3) is 0.421. The van der Waals surface area contributed by atoms with Crippen LogP contribution in [0.25, 0.3) is 0 Å². The van der Waals surface area contributed by atoms with Crippen LogP contribution in [0, 0.1) is 0 Å². The molecule has 1 heterocycles. The van der Waals surface area contributed by atoms with Gasteiger partial charge in [-0.25, -0.2) is 22.7 Å². The first-order valence-electron chi connectivity index (χ1n) is 9.72. The Labute approximate surface area is 194 Å². The number of rotatable bonds is 9. The van der Waals surface area contributed by atoms with Crippen molar-refractivity contribution in [3.05, 3.63) is 36.1 Å². The number of carboxylic acid groups (broad SMARTS) is 1. The maximum atomic E-state index is 13.0. The van der Waals surface area contributed by atoms with Crippen LogP contribution in [0.1, 0.15) is 6.92 Å². The largest absolute Gasteiger partial charge is 0.478 e. The van der Waals surface area contributed by atoms with Crippen LogP contribution in [0.15, 0.2) is 41.0 Å². The lowest BCUT2D eigenvalue weighted by molar-refractivity contribution is -0.146. The van der Waals surface area contributed by atoms with E-state index in [1.165, 1.54) is 12.1 Å². The molecule has 1 aromatic carbocycles. The van der Waals surface area contributed by atoms with E-state index >= 15 is 0 Å². The Morgan fingerprint density at radius 2 is 1.79 bits per heavy atom. The molecule has 0 radical (unpaired) electrons. The Morgan fingerprint density at radius 1 is 1.18 bits per heavy atom. The zero-order chi connectivity index (χ0) is 25.6. The van der Waals surface area contributed by atoms with Gasteiger partial charge in [0.1, 0.15) is 18.3 Å². The van der Waals surface area contributed by atoms with Crippen molar-refractivity contribution in [2.45, 2.75) is 42.2 Å². The van der Waals surface area contributed by atoms with Gasteiger partial charge in [-0.1, -0.05) is 0 Å². The van der Waals surface area contributed by atoms with Gasteiger partial charge < -0.3 is 35.2 Å². The molecule has 34 heavy (non-hydrogen) atoms. The SMILES string of the molecule is COC(=O)Nc1ccc(S(=O)(=O)N[C@H]2C=C(C(=O)O)O[C@@H]([C@H](O)C(O)CO)[C@@H]2NC(C)=O)cc1. The topological polar surface area (TPSA) is 221 Å². The van der Waals surface area contributed by atoms with Crippen LogP contribution in [0.4, 0.5) is 10.5 Å². The van der Waals surface area contributed by atoms with Gasteiger partial charge in [-0.15, -0.1) is 0 Å². The summed E-state index contributed by atoms with van der Waals surface area (Å²) in [6.07, 6.45) is -5.18. The molecule has 2 rings (SSSR count). The van der Waals surface area contributed by atoms with E-state index in [2.05, 4.69) is 20.1 Å². The number of amides is 2. The van der Waals surface area contributed by atoms with Crippen molar-refractivity contribution < 1.29 is 52.7 Å². The third-order valence-electron chi connectivity index (χ3n) is 4.72. The van der Waals surface area contributed by atoms with Crippen molar-refractivity contribution in [3.8, 4) is 0 Å². The number of anilines is 1. The van der Waals surface area contributed by atoms with Crippen LogP contribution in [0.5, 0.6) is 0 Å². The number of aliphatic hydroxyl groups is 3. The van der Waals surface area contributed by atoms with Crippen molar-refractivity contribution in [1.82, 2.24) is 10.0 Å². The zero-order valence-corrected chi connectivity index (χ0v) is 18.9. The minimum absolute atomic E-state index is 0.238. The van der Waals surface area contributed by atoms with Crippen molar-refractivity contribution in [1.29, 1.82) is 0 Å². The van der Waals surface area contributed by atoms with Gasteiger partial charge in [0, 0.05) is 12.6 Å². The number of hydrogen-bond acceptors (Lipinski definition) is 10. The van der Waals surface area contributed by atoms with E-state index < -0.39 is 70.8 Å². The molecular formula is C19H25N3O11S. The van der Waals surface area contributed by atoms with Crippen molar-refractivity contribution in [3.63, 3.8) is 0 Å². The highest BCUT2D eigenvalue weighted by Crippen LogP contribution is 2.25. The lowest BCUT2D eigenvalue weighted by Gasteiger charge is -2.39. The highest BCUT2D eigenvalue weighted by Gasteiger charge is 2.44. The van der Waals surface area contributed by atoms with Crippen LogP contribution in [-0.2, 0) is 29.1 Å². The number of aliphatic hydroxyl groups excluding tert-OH is 3.